The Bertz CT molecular complexity index is 450. The van der Waals surface area contributed by atoms with E-state index in [1.807, 2.05) is 18.2 Å². The minimum Gasteiger partial charge on any atom is -0.324 e. The molecule has 0 bridgehead atoms. The van der Waals surface area contributed by atoms with Crippen LogP contribution in [-0.4, -0.2) is 24.2 Å². The zero-order chi connectivity index (χ0) is 14.4. The molecule has 0 aliphatic carbocycles. The van der Waals surface area contributed by atoms with Gasteiger partial charge in [0.1, 0.15) is 0 Å². The van der Waals surface area contributed by atoms with Crippen molar-refractivity contribution in [1.82, 2.24) is 5.32 Å². The van der Waals surface area contributed by atoms with E-state index in [-0.39, 0.29) is 11.9 Å². The molecule has 1 aliphatic rings. The lowest BCUT2D eigenvalue weighted by Crippen LogP contribution is -2.46. The lowest BCUT2D eigenvalue weighted by molar-refractivity contribution is -0.119. The van der Waals surface area contributed by atoms with Gasteiger partial charge >= 0.3 is 0 Å². The van der Waals surface area contributed by atoms with Crippen molar-refractivity contribution in [2.45, 2.75) is 44.0 Å². The zero-order valence-electron chi connectivity index (χ0n) is 12.3. The predicted octanol–water partition coefficient (Wildman–Crippen LogP) is 3.52. The summed E-state index contributed by atoms with van der Waals surface area (Å²) in [6.07, 6.45) is 3.29. The van der Waals surface area contributed by atoms with E-state index in [4.69, 9.17) is 0 Å². The summed E-state index contributed by atoms with van der Waals surface area (Å²) in [6.45, 7) is 5.28. The molecule has 2 unspecified atom stereocenters. The minimum absolute atomic E-state index is 0.0478. The van der Waals surface area contributed by atoms with Gasteiger partial charge in [0.05, 0.1) is 11.7 Å². The van der Waals surface area contributed by atoms with Crippen molar-refractivity contribution in [3.8, 4) is 0 Å². The third-order valence-electron chi connectivity index (χ3n) is 3.85. The van der Waals surface area contributed by atoms with Crippen molar-refractivity contribution in [3.05, 3.63) is 24.3 Å². The number of nitrogens with one attached hydrogen (secondary N) is 2. The molecule has 0 saturated carbocycles. The van der Waals surface area contributed by atoms with Crippen molar-refractivity contribution in [2.24, 2.45) is 5.92 Å². The van der Waals surface area contributed by atoms with Crippen LogP contribution < -0.4 is 10.6 Å². The largest absolute Gasteiger partial charge is 0.324 e. The molecule has 1 aliphatic heterocycles. The second-order valence-electron chi connectivity index (χ2n) is 5.22. The number of para-hydroxylation sites is 1. The minimum atomic E-state index is -0.0478. The lowest BCUT2D eigenvalue weighted by Gasteiger charge is -2.29. The first-order valence-corrected chi connectivity index (χ1v) is 8.49. The van der Waals surface area contributed by atoms with Crippen LogP contribution in [0.25, 0.3) is 0 Å². The van der Waals surface area contributed by atoms with E-state index in [1.54, 1.807) is 11.8 Å². The number of thioether (sulfide) groups is 1. The molecule has 1 aromatic rings. The zero-order valence-corrected chi connectivity index (χ0v) is 13.1. The van der Waals surface area contributed by atoms with Gasteiger partial charge in [-0.15, -0.1) is 11.8 Å². The average molecular weight is 292 g/mol. The van der Waals surface area contributed by atoms with E-state index < -0.39 is 0 Å². The van der Waals surface area contributed by atoms with Crippen molar-refractivity contribution in [2.75, 3.05) is 17.6 Å². The molecule has 2 atom stereocenters. The fourth-order valence-electron chi connectivity index (χ4n) is 2.64. The first kappa shape index (κ1) is 15.4. The summed E-state index contributed by atoms with van der Waals surface area (Å²) >= 11 is 1.76. The van der Waals surface area contributed by atoms with Gasteiger partial charge in [0.25, 0.3) is 0 Å². The highest BCUT2D eigenvalue weighted by Gasteiger charge is 2.26. The normalized spacial score (nSPS) is 22.5. The van der Waals surface area contributed by atoms with Gasteiger partial charge in [0, 0.05) is 4.90 Å². The van der Waals surface area contributed by atoms with Crippen LogP contribution in [0.3, 0.4) is 0 Å². The second kappa shape index (κ2) is 7.70. The summed E-state index contributed by atoms with van der Waals surface area (Å²) < 4.78 is 0. The molecule has 20 heavy (non-hydrogen) atoms. The molecule has 2 N–H and O–H groups in total. The van der Waals surface area contributed by atoms with Crippen LogP contribution >= 0.6 is 11.8 Å². The van der Waals surface area contributed by atoms with Gasteiger partial charge < -0.3 is 10.6 Å². The third kappa shape index (κ3) is 4.00. The maximum Gasteiger partial charge on any atom is 0.241 e. The molecular weight excluding hydrogens is 268 g/mol. The van der Waals surface area contributed by atoms with Crippen LogP contribution in [-0.2, 0) is 4.79 Å². The molecule has 0 radical (unpaired) electrons. The van der Waals surface area contributed by atoms with Crippen molar-refractivity contribution in [3.63, 3.8) is 0 Å². The van der Waals surface area contributed by atoms with E-state index in [0.717, 1.165) is 35.7 Å². The molecule has 1 aromatic carbocycles. The lowest BCUT2D eigenvalue weighted by atomic mass is 9.90. The van der Waals surface area contributed by atoms with E-state index in [0.29, 0.717) is 5.92 Å². The Labute approximate surface area is 125 Å². The molecule has 4 heteroatoms. The number of carbonyl (C=O) groups is 1. The first-order valence-electron chi connectivity index (χ1n) is 7.50. The smallest absolute Gasteiger partial charge is 0.241 e. The molecule has 1 amide bonds. The molecule has 2 rings (SSSR count). The van der Waals surface area contributed by atoms with Crippen LogP contribution in [0.1, 0.15) is 33.1 Å². The fraction of sp³-hybridized carbons (Fsp3) is 0.562. The predicted molar refractivity (Wildman–Crippen MR) is 86.3 cm³/mol. The molecule has 1 heterocycles. The number of rotatable bonds is 5. The number of amides is 1. The Morgan fingerprint density at radius 2 is 2.20 bits per heavy atom. The van der Waals surface area contributed by atoms with Gasteiger partial charge in [-0.25, -0.2) is 0 Å². The summed E-state index contributed by atoms with van der Waals surface area (Å²) in [4.78, 5) is 13.5. The van der Waals surface area contributed by atoms with Crippen LogP contribution in [0, 0.1) is 5.92 Å². The molecule has 1 fully saturated rings. The summed E-state index contributed by atoms with van der Waals surface area (Å²) in [5.41, 5.74) is 0.935. The Balaban J connectivity index is 2.00. The van der Waals surface area contributed by atoms with Gasteiger partial charge in [-0.1, -0.05) is 32.4 Å². The van der Waals surface area contributed by atoms with Crippen LogP contribution in [0.5, 0.6) is 0 Å². The Kier molecular flexibility index (Phi) is 5.92. The monoisotopic (exact) mass is 292 g/mol. The third-order valence-corrected chi connectivity index (χ3v) is 4.81. The van der Waals surface area contributed by atoms with Crippen molar-refractivity contribution < 1.29 is 4.79 Å². The maximum absolute atomic E-state index is 12.4. The summed E-state index contributed by atoms with van der Waals surface area (Å²) in [5, 5.41) is 6.42. The van der Waals surface area contributed by atoms with E-state index >= 15 is 0 Å². The first-order chi connectivity index (χ1) is 9.74. The molecular formula is C16H24N2OS. The average Bonchev–Trinajstić information content (AvgIpc) is 2.49. The molecule has 0 aromatic heterocycles. The van der Waals surface area contributed by atoms with Gasteiger partial charge in [0.2, 0.25) is 5.91 Å². The number of anilines is 1. The number of carbonyl (C=O) groups excluding carboxylic acids is 1. The standard InChI is InChI=1S/C16H24N2OS/c1-3-12-9-10-17-14(11-12)16(19)18-13-7-5-6-8-15(13)20-4-2/h5-8,12,14,17H,3-4,9-11H2,1-2H3,(H,18,19). The quantitative estimate of drug-likeness (QED) is 0.816. The van der Waals surface area contributed by atoms with Gasteiger partial charge in [-0.3, -0.25) is 4.79 Å². The highest BCUT2D eigenvalue weighted by Crippen LogP contribution is 2.27. The number of piperidine rings is 1. The van der Waals surface area contributed by atoms with Gasteiger partial charge in [-0.05, 0) is 43.2 Å². The van der Waals surface area contributed by atoms with E-state index in [2.05, 4.69) is 30.5 Å². The highest BCUT2D eigenvalue weighted by molar-refractivity contribution is 7.99. The van der Waals surface area contributed by atoms with E-state index in [1.165, 1.54) is 6.42 Å². The highest BCUT2D eigenvalue weighted by atomic mass is 32.2. The van der Waals surface area contributed by atoms with Gasteiger partial charge in [0.15, 0.2) is 0 Å². The molecule has 110 valence electrons. The summed E-state index contributed by atoms with van der Waals surface area (Å²) in [6, 6.07) is 7.98. The summed E-state index contributed by atoms with van der Waals surface area (Å²) in [7, 11) is 0. The second-order valence-corrected chi connectivity index (χ2v) is 6.53. The number of hydrogen-bond acceptors (Lipinski definition) is 3. The Hall–Kier alpha value is -1.00. The Morgan fingerprint density at radius 3 is 2.95 bits per heavy atom. The van der Waals surface area contributed by atoms with Gasteiger partial charge in [-0.2, -0.15) is 0 Å². The number of benzene rings is 1. The molecule has 0 spiro atoms. The molecule has 3 nitrogen and oxygen atoms in total. The Morgan fingerprint density at radius 1 is 1.40 bits per heavy atom. The maximum atomic E-state index is 12.4. The van der Waals surface area contributed by atoms with Crippen LogP contribution in [0.4, 0.5) is 5.69 Å². The fourth-order valence-corrected chi connectivity index (χ4v) is 3.40. The van der Waals surface area contributed by atoms with Crippen molar-refractivity contribution in [1.29, 1.82) is 0 Å². The number of hydrogen-bond donors (Lipinski definition) is 2. The van der Waals surface area contributed by atoms with Crippen LogP contribution in [0.2, 0.25) is 0 Å². The van der Waals surface area contributed by atoms with Crippen LogP contribution in [0.15, 0.2) is 29.2 Å². The summed E-state index contributed by atoms with van der Waals surface area (Å²) in [5.74, 6) is 1.78. The SMILES string of the molecule is CCSc1ccccc1NC(=O)C1CC(CC)CCN1. The van der Waals surface area contributed by atoms with Crippen molar-refractivity contribution >= 4 is 23.4 Å². The topological polar surface area (TPSA) is 41.1 Å². The van der Waals surface area contributed by atoms with E-state index in [9.17, 15) is 4.79 Å². The molecule has 1 saturated heterocycles.